The van der Waals surface area contributed by atoms with Crippen molar-refractivity contribution in [3.63, 3.8) is 0 Å². The van der Waals surface area contributed by atoms with Crippen LogP contribution in [0.5, 0.6) is 0 Å². The number of piperidine rings is 1. The molecule has 0 spiro atoms. The Morgan fingerprint density at radius 3 is 2.69 bits per heavy atom. The van der Waals surface area contributed by atoms with Gasteiger partial charge in [0.2, 0.25) is 5.91 Å². The number of nitrogens with one attached hydrogen (secondary N) is 2. The summed E-state index contributed by atoms with van der Waals surface area (Å²) in [6.07, 6.45) is 7.04. The molecule has 4 aromatic rings. The molecular weight excluding hydrogens is 398 g/mol. The number of pyridine rings is 1. The summed E-state index contributed by atoms with van der Waals surface area (Å²) in [5, 5.41) is 11.3. The number of anilines is 1. The van der Waals surface area contributed by atoms with E-state index < -0.39 is 0 Å². The minimum Gasteiger partial charge on any atom is -0.382 e. The molecule has 2 aromatic heterocycles. The van der Waals surface area contributed by atoms with Crippen LogP contribution in [0.4, 0.5) is 5.69 Å². The molecule has 3 heterocycles. The monoisotopic (exact) mass is 423 g/mol. The highest BCUT2D eigenvalue weighted by atomic mass is 16.1. The molecular formula is C26H25N5O. The average Bonchev–Trinajstić information content (AvgIpc) is 3.29. The molecule has 2 aromatic carbocycles. The van der Waals surface area contributed by atoms with Crippen LogP contribution in [-0.2, 0) is 11.3 Å². The van der Waals surface area contributed by atoms with Crippen LogP contribution in [0.15, 0.2) is 85.3 Å². The molecule has 1 aliphatic rings. The number of aromatic nitrogens is 3. The fraction of sp³-hybridized carbons (Fsp3) is 0.192. The van der Waals surface area contributed by atoms with Crippen LogP contribution in [0.2, 0.25) is 0 Å². The number of benzene rings is 2. The molecule has 0 saturated carbocycles. The predicted octanol–water partition coefficient (Wildman–Crippen LogP) is 4.35. The lowest BCUT2D eigenvalue weighted by atomic mass is 9.99. The van der Waals surface area contributed by atoms with Gasteiger partial charge >= 0.3 is 0 Å². The first-order chi connectivity index (χ1) is 15.7. The van der Waals surface area contributed by atoms with E-state index in [0.717, 1.165) is 40.1 Å². The Kier molecular flexibility index (Phi) is 5.66. The Morgan fingerprint density at radius 1 is 1.00 bits per heavy atom. The van der Waals surface area contributed by atoms with Gasteiger partial charge in [0.05, 0.1) is 12.2 Å². The number of hydrogen-bond donors (Lipinski definition) is 2. The number of carbonyl (C=O) groups is 1. The van der Waals surface area contributed by atoms with Crippen molar-refractivity contribution < 1.29 is 4.79 Å². The molecule has 1 amide bonds. The SMILES string of the molecule is O=C1CC(Nc2cc(-c3ccccc3)cc(-c3ccn(Cc4cccnc4)n3)c2)CCN1. The number of rotatable bonds is 6. The van der Waals surface area contributed by atoms with Crippen LogP contribution in [0, 0.1) is 0 Å². The van der Waals surface area contributed by atoms with Gasteiger partial charge in [-0.3, -0.25) is 14.5 Å². The summed E-state index contributed by atoms with van der Waals surface area (Å²) >= 11 is 0. The van der Waals surface area contributed by atoms with Crippen molar-refractivity contribution in [2.45, 2.75) is 25.4 Å². The van der Waals surface area contributed by atoms with Crippen molar-refractivity contribution in [2.24, 2.45) is 0 Å². The van der Waals surface area contributed by atoms with E-state index in [-0.39, 0.29) is 11.9 Å². The summed E-state index contributed by atoms with van der Waals surface area (Å²) in [5.74, 6) is 0.0994. The lowest BCUT2D eigenvalue weighted by Gasteiger charge is -2.24. The van der Waals surface area contributed by atoms with Gasteiger partial charge in [-0.25, -0.2) is 0 Å². The van der Waals surface area contributed by atoms with Crippen molar-refractivity contribution in [3.05, 3.63) is 90.9 Å². The van der Waals surface area contributed by atoms with Gasteiger partial charge in [0.25, 0.3) is 0 Å². The molecule has 160 valence electrons. The molecule has 0 aliphatic carbocycles. The molecule has 32 heavy (non-hydrogen) atoms. The second-order valence-corrected chi connectivity index (χ2v) is 8.11. The Bertz CT molecular complexity index is 1200. The Hall–Kier alpha value is -3.93. The summed E-state index contributed by atoms with van der Waals surface area (Å²) < 4.78 is 1.93. The van der Waals surface area contributed by atoms with E-state index in [4.69, 9.17) is 5.10 Å². The first-order valence-electron chi connectivity index (χ1n) is 10.9. The number of carbonyl (C=O) groups excluding carboxylic acids is 1. The molecule has 1 atom stereocenters. The van der Waals surface area contributed by atoms with E-state index in [1.165, 1.54) is 0 Å². The average molecular weight is 424 g/mol. The topological polar surface area (TPSA) is 71.8 Å². The van der Waals surface area contributed by atoms with Crippen LogP contribution in [0.1, 0.15) is 18.4 Å². The zero-order valence-electron chi connectivity index (χ0n) is 17.7. The first kappa shape index (κ1) is 20.0. The van der Waals surface area contributed by atoms with E-state index in [2.05, 4.69) is 45.9 Å². The van der Waals surface area contributed by atoms with Crippen LogP contribution >= 0.6 is 0 Å². The maximum absolute atomic E-state index is 11.8. The predicted molar refractivity (Wildman–Crippen MR) is 126 cm³/mol. The third-order valence-corrected chi connectivity index (χ3v) is 5.66. The van der Waals surface area contributed by atoms with E-state index in [1.54, 1.807) is 6.20 Å². The van der Waals surface area contributed by atoms with Gasteiger partial charge in [0, 0.05) is 48.8 Å². The van der Waals surface area contributed by atoms with Crippen LogP contribution in [-0.4, -0.2) is 33.3 Å². The Labute approximate surface area is 187 Å². The normalized spacial score (nSPS) is 15.9. The zero-order chi connectivity index (χ0) is 21.8. The fourth-order valence-corrected chi connectivity index (χ4v) is 4.08. The smallest absolute Gasteiger partial charge is 0.222 e. The largest absolute Gasteiger partial charge is 0.382 e. The molecule has 2 N–H and O–H groups in total. The van der Waals surface area contributed by atoms with Gasteiger partial charge in [0.15, 0.2) is 0 Å². The second kappa shape index (κ2) is 9.06. The minimum atomic E-state index is 0.0994. The van der Waals surface area contributed by atoms with Crippen molar-refractivity contribution >= 4 is 11.6 Å². The second-order valence-electron chi connectivity index (χ2n) is 8.11. The zero-order valence-corrected chi connectivity index (χ0v) is 17.7. The highest BCUT2D eigenvalue weighted by Gasteiger charge is 2.19. The quantitative estimate of drug-likeness (QED) is 0.484. The summed E-state index contributed by atoms with van der Waals surface area (Å²) in [5.41, 5.74) is 6.33. The maximum atomic E-state index is 11.8. The molecule has 1 saturated heterocycles. The fourth-order valence-electron chi connectivity index (χ4n) is 4.08. The molecule has 1 fully saturated rings. The van der Waals surface area contributed by atoms with Gasteiger partial charge in [-0.2, -0.15) is 5.10 Å². The molecule has 1 aliphatic heterocycles. The number of nitrogens with zero attached hydrogens (tertiary/aromatic N) is 3. The van der Waals surface area contributed by atoms with E-state index >= 15 is 0 Å². The highest BCUT2D eigenvalue weighted by molar-refractivity contribution is 5.79. The van der Waals surface area contributed by atoms with Crippen LogP contribution in [0.3, 0.4) is 0 Å². The van der Waals surface area contributed by atoms with E-state index in [9.17, 15) is 4.79 Å². The van der Waals surface area contributed by atoms with Gasteiger partial charge in [0.1, 0.15) is 0 Å². The summed E-state index contributed by atoms with van der Waals surface area (Å²) in [7, 11) is 0. The molecule has 6 nitrogen and oxygen atoms in total. The Morgan fingerprint density at radius 2 is 1.88 bits per heavy atom. The van der Waals surface area contributed by atoms with Gasteiger partial charge in [-0.1, -0.05) is 36.4 Å². The maximum Gasteiger partial charge on any atom is 0.222 e. The molecule has 5 rings (SSSR count). The number of hydrogen-bond acceptors (Lipinski definition) is 4. The minimum absolute atomic E-state index is 0.0994. The van der Waals surface area contributed by atoms with Crippen LogP contribution < -0.4 is 10.6 Å². The van der Waals surface area contributed by atoms with Gasteiger partial charge < -0.3 is 10.6 Å². The van der Waals surface area contributed by atoms with Crippen molar-refractivity contribution in [1.82, 2.24) is 20.1 Å². The van der Waals surface area contributed by atoms with E-state index in [0.29, 0.717) is 19.5 Å². The third-order valence-electron chi connectivity index (χ3n) is 5.66. The molecule has 0 radical (unpaired) electrons. The summed E-state index contributed by atoms with van der Waals surface area (Å²) in [6, 6.07) is 22.9. The first-order valence-corrected chi connectivity index (χ1v) is 10.9. The Balaban J connectivity index is 1.46. The van der Waals surface area contributed by atoms with Crippen molar-refractivity contribution in [2.75, 3.05) is 11.9 Å². The van der Waals surface area contributed by atoms with Gasteiger partial charge in [-0.05, 0) is 53.4 Å². The lowest BCUT2D eigenvalue weighted by molar-refractivity contribution is -0.122. The highest BCUT2D eigenvalue weighted by Crippen LogP contribution is 2.30. The molecule has 1 unspecified atom stereocenters. The van der Waals surface area contributed by atoms with Crippen molar-refractivity contribution in [1.29, 1.82) is 0 Å². The van der Waals surface area contributed by atoms with Crippen LogP contribution in [0.25, 0.3) is 22.4 Å². The molecule has 0 bridgehead atoms. The summed E-state index contributed by atoms with van der Waals surface area (Å²) in [4.78, 5) is 16.0. The van der Waals surface area contributed by atoms with Gasteiger partial charge in [-0.15, -0.1) is 0 Å². The molecule has 6 heteroatoms. The standard InChI is InChI=1S/C26H25N5O/c32-26-16-23(8-11-28-26)29-24-14-21(20-6-2-1-3-7-20)13-22(15-24)25-9-12-31(30-25)18-19-5-4-10-27-17-19/h1-7,9-10,12-15,17,23,29H,8,11,16,18H2,(H,28,32). The third kappa shape index (κ3) is 4.70. The number of amides is 1. The van der Waals surface area contributed by atoms with Crippen molar-refractivity contribution in [3.8, 4) is 22.4 Å². The summed E-state index contributed by atoms with van der Waals surface area (Å²) in [6.45, 7) is 1.38. The van der Waals surface area contributed by atoms with E-state index in [1.807, 2.05) is 53.5 Å². The lowest BCUT2D eigenvalue weighted by Crippen LogP contribution is -2.39.